The molecule has 5 nitrogen and oxygen atoms in total. The van der Waals surface area contributed by atoms with E-state index in [1.807, 2.05) is 19.4 Å². The molecule has 1 aromatic heterocycles. The molecule has 30 heavy (non-hydrogen) atoms. The summed E-state index contributed by atoms with van der Waals surface area (Å²) in [5.41, 5.74) is 4.25. The van der Waals surface area contributed by atoms with E-state index < -0.39 is 0 Å². The van der Waals surface area contributed by atoms with E-state index in [9.17, 15) is 4.79 Å². The Hall–Kier alpha value is -2.14. The first-order chi connectivity index (χ1) is 14.4. The van der Waals surface area contributed by atoms with Gasteiger partial charge in [-0.2, -0.15) is 5.10 Å². The van der Waals surface area contributed by atoms with Crippen molar-refractivity contribution < 1.29 is 4.79 Å². The average Bonchev–Trinajstić information content (AvgIpc) is 3.33. The van der Waals surface area contributed by atoms with Crippen molar-refractivity contribution >= 4 is 5.91 Å². The Bertz CT molecular complexity index is 856. The first-order valence-electron chi connectivity index (χ1n) is 11.5. The lowest BCUT2D eigenvalue weighted by Gasteiger charge is -2.40. The highest BCUT2D eigenvalue weighted by molar-refractivity contribution is 5.76. The van der Waals surface area contributed by atoms with Crippen LogP contribution in [0.3, 0.4) is 0 Å². The minimum Gasteiger partial charge on any atom is -0.342 e. The maximum Gasteiger partial charge on any atom is 0.222 e. The van der Waals surface area contributed by atoms with Crippen LogP contribution in [0, 0.1) is 5.41 Å². The van der Waals surface area contributed by atoms with E-state index in [1.165, 1.54) is 30.5 Å². The highest BCUT2D eigenvalue weighted by atomic mass is 16.2. The summed E-state index contributed by atoms with van der Waals surface area (Å²) in [4.78, 5) is 17.5. The molecular formula is C25H36N4O. The van der Waals surface area contributed by atoms with Crippen LogP contribution >= 0.6 is 0 Å². The smallest absolute Gasteiger partial charge is 0.222 e. The highest BCUT2D eigenvalue weighted by Crippen LogP contribution is 2.39. The van der Waals surface area contributed by atoms with Crippen LogP contribution in [0.2, 0.25) is 0 Å². The predicted molar refractivity (Wildman–Crippen MR) is 120 cm³/mol. The van der Waals surface area contributed by atoms with Crippen LogP contribution in [0.15, 0.2) is 36.7 Å². The molecule has 1 atom stereocenters. The van der Waals surface area contributed by atoms with Crippen molar-refractivity contribution in [3.63, 3.8) is 0 Å². The number of rotatable bonds is 6. The third-order valence-electron chi connectivity index (χ3n) is 6.97. The molecule has 1 amide bonds. The number of carbonyl (C=O) groups is 1. The van der Waals surface area contributed by atoms with Gasteiger partial charge in [0.25, 0.3) is 0 Å². The topological polar surface area (TPSA) is 41.4 Å². The van der Waals surface area contributed by atoms with E-state index in [0.717, 1.165) is 44.6 Å². The summed E-state index contributed by atoms with van der Waals surface area (Å²) >= 11 is 0. The average molecular weight is 409 g/mol. The van der Waals surface area contributed by atoms with Crippen molar-refractivity contribution in [2.75, 3.05) is 26.2 Å². The van der Waals surface area contributed by atoms with E-state index in [-0.39, 0.29) is 0 Å². The number of carbonyl (C=O) groups excluding carboxylic acids is 1. The number of likely N-dealkylation sites (tertiary alicyclic amines) is 2. The molecule has 0 radical (unpaired) electrons. The van der Waals surface area contributed by atoms with Gasteiger partial charge < -0.3 is 4.90 Å². The van der Waals surface area contributed by atoms with E-state index in [1.54, 1.807) is 4.68 Å². The van der Waals surface area contributed by atoms with Gasteiger partial charge in [-0.05, 0) is 54.8 Å². The standard InChI is InChI=1S/C25H36N4O/c1-20(2)23-8-5-21(6-9-23)17-28-13-4-11-25(18-28)12-14-29(19-25)24(30)10-7-22-15-26-27(3)16-22/h5-6,8-9,15-16,20H,4,7,10-14,17-19H2,1-3H3. The Morgan fingerprint density at radius 1 is 1.10 bits per heavy atom. The number of aryl methyl sites for hydroxylation is 2. The van der Waals surface area contributed by atoms with Crippen LogP contribution in [0.1, 0.15) is 62.1 Å². The number of benzene rings is 1. The van der Waals surface area contributed by atoms with Gasteiger partial charge in [-0.1, -0.05) is 38.1 Å². The highest BCUT2D eigenvalue weighted by Gasteiger charge is 2.42. The zero-order chi connectivity index (χ0) is 21.1. The lowest BCUT2D eigenvalue weighted by molar-refractivity contribution is -0.130. The lowest BCUT2D eigenvalue weighted by atomic mass is 9.79. The van der Waals surface area contributed by atoms with Crippen LogP contribution in [0.5, 0.6) is 0 Å². The van der Waals surface area contributed by atoms with Gasteiger partial charge in [0.1, 0.15) is 0 Å². The maximum absolute atomic E-state index is 12.8. The Labute approximate surface area is 181 Å². The van der Waals surface area contributed by atoms with Crippen molar-refractivity contribution in [3.05, 3.63) is 53.3 Å². The second kappa shape index (κ2) is 8.93. The van der Waals surface area contributed by atoms with Gasteiger partial charge in [0.15, 0.2) is 0 Å². The Morgan fingerprint density at radius 3 is 2.60 bits per heavy atom. The number of aromatic nitrogens is 2. The number of nitrogens with zero attached hydrogens (tertiary/aromatic N) is 4. The molecular weight excluding hydrogens is 372 g/mol. The van der Waals surface area contributed by atoms with Gasteiger partial charge >= 0.3 is 0 Å². The SMILES string of the molecule is CC(C)c1ccc(CN2CCCC3(CCN(C(=O)CCc4cnn(C)c4)C3)C2)cc1. The van der Waals surface area contributed by atoms with Gasteiger partial charge in [-0.3, -0.25) is 14.4 Å². The van der Waals surface area contributed by atoms with Crippen molar-refractivity contribution in [2.45, 2.75) is 58.4 Å². The summed E-state index contributed by atoms with van der Waals surface area (Å²) in [5, 5.41) is 4.20. The van der Waals surface area contributed by atoms with E-state index in [2.05, 4.69) is 53.0 Å². The van der Waals surface area contributed by atoms with Crippen molar-refractivity contribution in [1.29, 1.82) is 0 Å². The van der Waals surface area contributed by atoms with E-state index in [0.29, 0.717) is 23.7 Å². The summed E-state index contributed by atoms with van der Waals surface area (Å²) in [7, 11) is 1.92. The van der Waals surface area contributed by atoms with Crippen molar-refractivity contribution in [2.24, 2.45) is 12.5 Å². The summed E-state index contributed by atoms with van der Waals surface area (Å²) < 4.78 is 1.80. The fraction of sp³-hybridized carbons (Fsp3) is 0.600. The van der Waals surface area contributed by atoms with Gasteiger partial charge in [0.05, 0.1) is 6.20 Å². The van der Waals surface area contributed by atoms with Gasteiger partial charge in [-0.15, -0.1) is 0 Å². The molecule has 0 saturated carbocycles. The number of hydrogen-bond acceptors (Lipinski definition) is 3. The molecule has 2 fully saturated rings. The Balaban J connectivity index is 1.30. The molecule has 4 rings (SSSR count). The number of piperidine rings is 1. The molecule has 2 saturated heterocycles. The molecule has 1 spiro atoms. The third-order valence-corrected chi connectivity index (χ3v) is 6.97. The second-order valence-corrected chi connectivity index (χ2v) is 9.80. The van der Waals surface area contributed by atoms with Gasteiger partial charge in [0.2, 0.25) is 5.91 Å². The molecule has 2 aromatic rings. The van der Waals surface area contributed by atoms with Crippen LogP contribution in [-0.2, 0) is 24.8 Å². The predicted octanol–water partition coefficient (Wildman–Crippen LogP) is 3.99. The van der Waals surface area contributed by atoms with Crippen LogP contribution in [-0.4, -0.2) is 51.7 Å². The fourth-order valence-electron chi connectivity index (χ4n) is 5.20. The molecule has 5 heteroatoms. The van der Waals surface area contributed by atoms with Crippen LogP contribution in [0.4, 0.5) is 0 Å². The summed E-state index contributed by atoms with van der Waals surface area (Å²) in [6.07, 6.45) is 8.89. The molecule has 3 heterocycles. The fourth-order valence-corrected chi connectivity index (χ4v) is 5.20. The zero-order valence-corrected chi connectivity index (χ0v) is 18.8. The normalized spacial score (nSPS) is 22.3. The summed E-state index contributed by atoms with van der Waals surface area (Å²) in [5.74, 6) is 0.884. The first kappa shape index (κ1) is 21.1. The first-order valence-corrected chi connectivity index (χ1v) is 11.5. The summed E-state index contributed by atoms with van der Waals surface area (Å²) in [6, 6.07) is 9.13. The van der Waals surface area contributed by atoms with E-state index in [4.69, 9.17) is 0 Å². The minimum atomic E-state index is 0.292. The quantitative estimate of drug-likeness (QED) is 0.726. The molecule has 1 unspecified atom stereocenters. The van der Waals surface area contributed by atoms with Crippen LogP contribution < -0.4 is 0 Å². The molecule has 0 aliphatic carbocycles. The monoisotopic (exact) mass is 408 g/mol. The lowest BCUT2D eigenvalue weighted by Crippen LogP contribution is -2.45. The zero-order valence-electron chi connectivity index (χ0n) is 18.8. The number of amides is 1. The molecule has 2 aliphatic heterocycles. The van der Waals surface area contributed by atoms with Crippen molar-refractivity contribution in [3.8, 4) is 0 Å². The van der Waals surface area contributed by atoms with Gasteiger partial charge in [0, 0.05) is 51.3 Å². The Morgan fingerprint density at radius 2 is 1.90 bits per heavy atom. The van der Waals surface area contributed by atoms with Gasteiger partial charge in [-0.25, -0.2) is 0 Å². The molecule has 162 valence electrons. The van der Waals surface area contributed by atoms with E-state index >= 15 is 0 Å². The maximum atomic E-state index is 12.8. The summed E-state index contributed by atoms with van der Waals surface area (Å²) in [6.45, 7) is 9.65. The largest absolute Gasteiger partial charge is 0.342 e. The molecule has 0 N–H and O–H groups in total. The molecule has 0 bridgehead atoms. The molecule has 1 aromatic carbocycles. The van der Waals surface area contributed by atoms with Crippen molar-refractivity contribution in [1.82, 2.24) is 19.6 Å². The van der Waals surface area contributed by atoms with Crippen LogP contribution in [0.25, 0.3) is 0 Å². The Kier molecular flexibility index (Phi) is 6.28. The third kappa shape index (κ3) is 4.94. The minimum absolute atomic E-state index is 0.292. The number of hydrogen-bond donors (Lipinski definition) is 0. The second-order valence-electron chi connectivity index (χ2n) is 9.80. The molecule has 2 aliphatic rings.